The van der Waals surface area contributed by atoms with E-state index in [2.05, 4.69) is 5.32 Å². The highest BCUT2D eigenvalue weighted by Crippen LogP contribution is 2.20. The fraction of sp³-hybridized carbons (Fsp3) is 0.818. The maximum atomic E-state index is 11.4. The van der Waals surface area contributed by atoms with Crippen LogP contribution in [0.1, 0.15) is 32.1 Å². The van der Waals surface area contributed by atoms with Crippen molar-refractivity contribution in [2.75, 3.05) is 19.7 Å². The molecule has 3 amide bonds. The van der Waals surface area contributed by atoms with Crippen molar-refractivity contribution in [3.63, 3.8) is 0 Å². The zero-order valence-corrected chi connectivity index (χ0v) is 9.41. The maximum absolute atomic E-state index is 11.4. The van der Waals surface area contributed by atoms with Crippen LogP contribution in [0.4, 0.5) is 4.79 Å². The molecule has 1 saturated carbocycles. The minimum absolute atomic E-state index is 0.182. The van der Waals surface area contributed by atoms with Gasteiger partial charge in [-0.3, -0.25) is 10.1 Å². The molecule has 5 heteroatoms. The minimum atomic E-state index is -0.286. The molecule has 16 heavy (non-hydrogen) atoms. The average Bonchev–Trinajstić information content (AvgIpc) is 2.74. The van der Waals surface area contributed by atoms with Crippen LogP contribution in [-0.4, -0.2) is 42.6 Å². The molecule has 2 fully saturated rings. The van der Waals surface area contributed by atoms with Crippen LogP contribution in [0.3, 0.4) is 0 Å². The Morgan fingerprint density at radius 1 is 1.31 bits per heavy atom. The fourth-order valence-electron chi connectivity index (χ4n) is 2.20. The summed E-state index contributed by atoms with van der Waals surface area (Å²) in [4.78, 5) is 23.9. The van der Waals surface area contributed by atoms with E-state index in [0.29, 0.717) is 32.2 Å². The summed E-state index contributed by atoms with van der Waals surface area (Å²) >= 11 is 0. The van der Waals surface area contributed by atoms with Gasteiger partial charge in [0.2, 0.25) is 5.91 Å². The van der Waals surface area contributed by atoms with Crippen molar-refractivity contribution >= 4 is 11.9 Å². The maximum Gasteiger partial charge on any atom is 0.324 e. The van der Waals surface area contributed by atoms with Crippen LogP contribution < -0.4 is 5.32 Å². The van der Waals surface area contributed by atoms with Crippen molar-refractivity contribution in [3.8, 4) is 0 Å². The van der Waals surface area contributed by atoms with Gasteiger partial charge in [0.1, 0.15) is 0 Å². The molecule has 2 aliphatic rings. The lowest BCUT2D eigenvalue weighted by Crippen LogP contribution is -2.50. The lowest BCUT2D eigenvalue weighted by molar-refractivity contribution is -0.121. The van der Waals surface area contributed by atoms with E-state index in [0.717, 1.165) is 12.8 Å². The van der Waals surface area contributed by atoms with Crippen LogP contribution in [0.2, 0.25) is 0 Å². The van der Waals surface area contributed by atoms with E-state index < -0.39 is 0 Å². The number of urea groups is 1. The molecule has 0 unspecified atom stereocenters. The number of nitrogens with one attached hydrogen (secondary N) is 1. The Morgan fingerprint density at radius 3 is 2.75 bits per heavy atom. The Bertz CT molecular complexity index is 274. The van der Waals surface area contributed by atoms with Gasteiger partial charge in [-0.15, -0.1) is 0 Å². The number of imide groups is 1. The fourth-order valence-corrected chi connectivity index (χ4v) is 2.20. The number of carbonyl (C=O) groups is 2. The molecule has 0 aromatic carbocycles. The van der Waals surface area contributed by atoms with Crippen molar-refractivity contribution in [2.24, 2.45) is 0 Å². The molecule has 0 radical (unpaired) electrons. The molecule has 5 nitrogen and oxygen atoms in total. The van der Waals surface area contributed by atoms with Crippen LogP contribution in [0.15, 0.2) is 0 Å². The lowest BCUT2D eigenvalue weighted by atomic mass is 10.3. The first-order valence-electron chi connectivity index (χ1n) is 5.96. The zero-order valence-electron chi connectivity index (χ0n) is 9.41. The summed E-state index contributed by atoms with van der Waals surface area (Å²) in [6.07, 6.45) is 5.58. The third-order valence-electron chi connectivity index (χ3n) is 3.16. The molecular formula is C11H18N2O3. The molecule has 0 spiro atoms. The standard InChI is InChI=1S/C11H18N2O3/c14-10-5-6-13(11(15)12-10)7-8-16-9-3-1-2-4-9/h9H,1-8H2,(H,12,14,15). The predicted octanol–water partition coefficient (Wildman–Crippen LogP) is 0.887. The summed E-state index contributed by atoms with van der Waals surface area (Å²) in [6.45, 7) is 1.67. The first kappa shape index (κ1) is 11.4. The molecule has 1 heterocycles. The third-order valence-corrected chi connectivity index (χ3v) is 3.16. The Kier molecular flexibility index (Phi) is 3.77. The molecule has 1 N–H and O–H groups in total. The highest BCUT2D eigenvalue weighted by molar-refractivity contribution is 5.96. The number of amides is 3. The molecule has 0 atom stereocenters. The smallest absolute Gasteiger partial charge is 0.324 e. The SMILES string of the molecule is O=C1CCN(CCOC2CCCC2)C(=O)N1. The first-order valence-corrected chi connectivity index (χ1v) is 5.96. The van der Waals surface area contributed by atoms with Crippen LogP contribution in [0.25, 0.3) is 0 Å². The van der Waals surface area contributed by atoms with Crippen molar-refractivity contribution in [1.82, 2.24) is 10.2 Å². The largest absolute Gasteiger partial charge is 0.376 e. The summed E-state index contributed by atoms with van der Waals surface area (Å²) in [6, 6.07) is -0.286. The summed E-state index contributed by atoms with van der Waals surface area (Å²) in [5.74, 6) is -0.182. The Hall–Kier alpha value is -1.10. The van der Waals surface area contributed by atoms with Crippen LogP contribution in [0, 0.1) is 0 Å². The van der Waals surface area contributed by atoms with E-state index in [9.17, 15) is 9.59 Å². The van der Waals surface area contributed by atoms with Gasteiger partial charge in [-0.05, 0) is 12.8 Å². The molecule has 0 aromatic heterocycles. The normalized spacial score (nSPS) is 22.6. The highest BCUT2D eigenvalue weighted by Gasteiger charge is 2.23. The van der Waals surface area contributed by atoms with E-state index in [1.807, 2.05) is 0 Å². The van der Waals surface area contributed by atoms with Crippen molar-refractivity contribution in [3.05, 3.63) is 0 Å². The van der Waals surface area contributed by atoms with Gasteiger partial charge in [-0.1, -0.05) is 12.8 Å². The number of carbonyl (C=O) groups excluding carboxylic acids is 2. The lowest BCUT2D eigenvalue weighted by Gasteiger charge is -2.26. The number of nitrogens with zero attached hydrogens (tertiary/aromatic N) is 1. The first-order chi connectivity index (χ1) is 7.75. The summed E-state index contributed by atoms with van der Waals surface area (Å²) < 4.78 is 5.67. The second-order valence-electron chi connectivity index (χ2n) is 4.37. The van der Waals surface area contributed by atoms with Gasteiger partial charge in [0, 0.05) is 19.5 Å². The van der Waals surface area contributed by atoms with Gasteiger partial charge in [0.25, 0.3) is 0 Å². The average molecular weight is 226 g/mol. The molecule has 2 rings (SSSR count). The van der Waals surface area contributed by atoms with E-state index in [1.165, 1.54) is 12.8 Å². The summed E-state index contributed by atoms with van der Waals surface area (Å²) in [5.41, 5.74) is 0. The van der Waals surface area contributed by atoms with E-state index in [4.69, 9.17) is 4.74 Å². The molecular weight excluding hydrogens is 208 g/mol. The van der Waals surface area contributed by atoms with Crippen molar-refractivity contribution < 1.29 is 14.3 Å². The van der Waals surface area contributed by atoms with Crippen molar-refractivity contribution in [1.29, 1.82) is 0 Å². The Morgan fingerprint density at radius 2 is 2.06 bits per heavy atom. The Labute approximate surface area is 95.1 Å². The quantitative estimate of drug-likeness (QED) is 0.774. The van der Waals surface area contributed by atoms with E-state index in [1.54, 1.807) is 4.90 Å². The van der Waals surface area contributed by atoms with E-state index >= 15 is 0 Å². The minimum Gasteiger partial charge on any atom is -0.376 e. The highest BCUT2D eigenvalue weighted by atomic mass is 16.5. The van der Waals surface area contributed by atoms with Crippen LogP contribution in [-0.2, 0) is 9.53 Å². The molecule has 0 aromatic rings. The van der Waals surface area contributed by atoms with Gasteiger partial charge in [0.15, 0.2) is 0 Å². The molecule has 1 aliphatic heterocycles. The van der Waals surface area contributed by atoms with Crippen molar-refractivity contribution in [2.45, 2.75) is 38.2 Å². The van der Waals surface area contributed by atoms with Crippen LogP contribution >= 0.6 is 0 Å². The number of hydrogen-bond donors (Lipinski definition) is 1. The summed E-state index contributed by atoms with van der Waals surface area (Å²) in [5, 5.41) is 2.30. The zero-order chi connectivity index (χ0) is 11.4. The van der Waals surface area contributed by atoms with E-state index in [-0.39, 0.29) is 11.9 Å². The molecule has 1 aliphatic carbocycles. The summed E-state index contributed by atoms with van der Waals surface area (Å²) in [7, 11) is 0. The molecule has 90 valence electrons. The number of ether oxygens (including phenoxy) is 1. The van der Waals surface area contributed by atoms with Gasteiger partial charge in [-0.25, -0.2) is 4.79 Å². The second kappa shape index (κ2) is 5.30. The second-order valence-corrected chi connectivity index (χ2v) is 4.37. The number of rotatable bonds is 4. The molecule has 0 bridgehead atoms. The monoisotopic (exact) mass is 226 g/mol. The van der Waals surface area contributed by atoms with Gasteiger partial charge < -0.3 is 9.64 Å². The predicted molar refractivity (Wildman–Crippen MR) is 57.9 cm³/mol. The van der Waals surface area contributed by atoms with Gasteiger partial charge in [0.05, 0.1) is 12.7 Å². The number of hydrogen-bond acceptors (Lipinski definition) is 3. The van der Waals surface area contributed by atoms with Crippen LogP contribution in [0.5, 0.6) is 0 Å². The third kappa shape index (κ3) is 2.95. The van der Waals surface area contributed by atoms with Gasteiger partial charge in [-0.2, -0.15) is 0 Å². The Balaban J connectivity index is 1.65. The van der Waals surface area contributed by atoms with Gasteiger partial charge >= 0.3 is 6.03 Å². The molecule has 1 saturated heterocycles. The topological polar surface area (TPSA) is 58.6 Å².